The van der Waals surface area contributed by atoms with Crippen LogP contribution < -0.4 is 10.2 Å². The van der Waals surface area contributed by atoms with Crippen LogP contribution in [0.4, 0.5) is 5.95 Å². The van der Waals surface area contributed by atoms with Gasteiger partial charge in [0.1, 0.15) is 0 Å². The van der Waals surface area contributed by atoms with Crippen molar-refractivity contribution in [1.82, 2.24) is 15.3 Å². The molecular weight excluding hydrogens is 216 g/mol. The molecule has 0 atom stereocenters. The molecule has 0 fully saturated rings. The maximum atomic E-state index is 11.4. The van der Waals surface area contributed by atoms with Crippen LogP contribution in [0.15, 0.2) is 6.07 Å². The summed E-state index contributed by atoms with van der Waals surface area (Å²) in [6.07, 6.45) is 1.42. The van der Waals surface area contributed by atoms with Crippen LogP contribution in [-0.2, 0) is 11.3 Å². The second-order valence-corrected chi connectivity index (χ2v) is 4.22. The average Bonchev–Trinajstić information content (AvgIpc) is 2.26. The molecule has 0 spiro atoms. The second-order valence-electron chi connectivity index (χ2n) is 4.22. The topological polar surface area (TPSA) is 58.1 Å². The fourth-order valence-corrected chi connectivity index (χ4v) is 1.41. The molecule has 94 valence electrons. The third kappa shape index (κ3) is 4.38. The summed E-state index contributed by atoms with van der Waals surface area (Å²) in [5, 5.41) is 2.85. The lowest BCUT2D eigenvalue weighted by atomic mass is 10.3. The van der Waals surface area contributed by atoms with Crippen molar-refractivity contribution in [3.63, 3.8) is 0 Å². The summed E-state index contributed by atoms with van der Waals surface area (Å²) < 4.78 is 0. The van der Waals surface area contributed by atoms with Crippen LogP contribution in [0.1, 0.15) is 31.2 Å². The number of anilines is 1. The molecule has 0 aliphatic heterocycles. The van der Waals surface area contributed by atoms with Gasteiger partial charge in [0, 0.05) is 26.2 Å². The third-order valence-corrected chi connectivity index (χ3v) is 2.24. The molecule has 0 unspecified atom stereocenters. The predicted molar refractivity (Wildman–Crippen MR) is 67.9 cm³/mol. The van der Waals surface area contributed by atoms with Crippen LogP contribution >= 0.6 is 0 Å². The summed E-state index contributed by atoms with van der Waals surface area (Å²) in [6, 6.07) is 1.89. The van der Waals surface area contributed by atoms with E-state index in [1.54, 1.807) is 0 Å². The van der Waals surface area contributed by atoms with Crippen molar-refractivity contribution in [2.75, 3.05) is 19.0 Å². The Balaban J connectivity index is 2.68. The highest BCUT2D eigenvalue weighted by atomic mass is 16.1. The summed E-state index contributed by atoms with van der Waals surface area (Å²) in [5.41, 5.74) is 1.74. The zero-order valence-corrected chi connectivity index (χ0v) is 10.9. The van der Waals surface area contributed by atoms with Gasteiger partial charge in [-0.05, 0) is 19.4 Å². The molecule has 1 heterocycles. The van der Waals surface area contributed by atoms with E-state index < -0.39 is 0 Å². The minimum atomic E-state index is 0.0650. The number of carbonyl (C=O) groups is 1. The van der Waals surface area contributed by atoms with Gasteiger partial charge in [-0.1, -0.05) is 6.92 Å². The van der Waals surface area contributed by atoms with Gasteiger partial charge in [-0.2, -0.15) is 0 Å². The number of amides is 1. The van der Waals surface area contributed by atoms with E-state index in [9.17, 15) is 4.79 Å². The Hall–Kier alpha value is -1.65. The van der Waals surface area contributed by atoms with Crippen LogP contribution in [0.3, 0.4) is 0 Å². The molecule has 0 aliphatic carbocycles. The molecule has 0 aliphatic rings. The van der Waals surface area contributed by atoms with Gasteiger partial charge in [-0.25, -0.2) is 9.97 Å². The number of rotatable bonds is 5. The van der Waals surface area contributed by atoms with Gasteiger partial charge in [0.15, 0.2) is 0 Å². The van der Waals surface area contributed by atoms with E-state index in [4.69, 9.17) is 0 Å². The summed E-state index contributed by atoms with van der Waals surface area (Å²) in [7, 11) is 3.79. The Bertz CT molecular complexity index is 390. The SMILES string of the molecule is CCCC(=O)NCc1cc(C)nc(N(C)C)n1. The number of nitrogens with one attached hydrogen (secondary N) is 1. The predicted octanol–water partition coefficient (Wildman–Crippen LogP) is 1.27. The van der Waals surface area contributed by atoms with Crippen molar-refractivity contribution >= 4 is 11.9 Å². The minimum Gasteiger partial charge on any atom is -0.350 e. The van der Waals surface area contributed by atoms with Crippen LogP contribution in [0, 0.1) is 6.92 Å². The van der Waals surface area contributed by atoms with Crippen LogP contribution in [-0.4, -0.2) is 30.0 Å². The van der Waals surface area contributed by atoms with Crippen molar-refractivity contribution in [3.05, 3.63) is 17.5 Å². The van der Waals surface area contributed by atoms with Gasteiger partial charge in [0.2, 0.25) is 11.9 Å². The molecular formula is C12H20N4O. The van der Waals surface area contributed by atoms with Crippen molar-refractivity contribution < 1.29 is 4.79 Å². The number of hydrogen-bond acceptors (Lipinski definition) is 4. The van der Waals surface area contributed by atoms with Crippen molar-refractivity contribution in [1.29, 1.82) is 0 Å². The quantitative estimate of drug-likeness (QED) is 0.836. The van der Waals surface area contributed by atoms with Crippen molar-refractivity contribution in [3.8, 4) is 0 Å². The molecule has 0 saturated heterocycles. The van der Waals surface area contributed by atoms with Crippen LogP contribution in [0.25, 0.3) is 0 Å². The molecule has 0 saturated carbocycles. The first-order valence-electron chi connectivity index (χ1n) is 5.81. The van der Waals surface area contributed by atoms with Gasteiger partial charge in [-0.3, -0.25) is 4.79 Å². The van der Waals surface area contributed by atoms with Gasteiger partial charge in [-0.15, -0.1) is 0 Å². The molecule has 1 aromatic rings. The fraction of sp³-hybridized carbons (Fsp3) is 0.583. The molecule has 5 nitrogen and oxygen atoms in total. The highest BCUT2D eigenvalue weighted by Gasteiger charge is 2.05. The molecule has 1 aromatic heterocycles. The first-order chi connectivity index (χ1) is 8.02. The third-order valence-electron chi connectivity index (χ3n) is 2.24. The second kappa shape index (κ2) is 6.18. The Morgan fingerprint density at radius 1 is 1.41 bits per heavy atom. The lowest BCUT2D eigenvalue weighted by Gasteiger charge is -2.12. The molecule has 0 aromatic carbocycles. The largest absolute Gasteiger partial charge is 0.350 e. The highest BCUT2D eigenvalue weighted by molar-refractivity contribution is 5.75. The zero-order chi connectivity index (χ0) is 12.8. The Kier molecular flexibility index (Phi) is 4.87. The lowest BCUT2D eigenvalue weighted by Crippen LogP contribution is -2.23. The molecule has 1 rings (SSSR count). The Morgan fingerprint density at radius 3 is 2.71 bits per heavy atom. The Labute approximate surface area is 102 Å². The highest BCUT2D eigenvalue weighted by Crippen LogP contribution is 2.07. The molecule has 5 heteroatoms. The van der Waals surface area contributed by atoms with Crippen LogP contribution in [0.5, 0.6) is 0 Å². The van der Waals surface area contributed by atoms with Gasteiger partial charge in [0.25, 0.3) is 0 Å². The summed E-state index contributed by atoms with van der Waals surface area (Å²) in [6.45, 7) is 4.37. The first kappa shape index (κ1) is 13.4. The van der Waals surface area contributed by atoms with E-state index in [2.05, 4.69) is 15.3 Å². The number of aryl methyl sites for hydroxylation is 1. The molecule has 0 bridgehead atoms. The number of carbonyl (C=O) groups excluding carboxylic acids is 1. The molecule has 1 amide bonds. The van der Waals surface area contributed by atoms with Gasteiger partial charge < -0.3 is 10.2 Å². The smallest absolute Gasteiger partial charge is 0.225 e. The van der Waals surface area contributed by atoms with Crippen LogP contribution in [0.2, 0.25) is 0 Å². The average molecular weight is 236 g/mol. The summed E-state index contributed by atoms with van der Waals surface area (Å²) >= 11 is 0. The number of hydrogen-bond donors (Lipinski definition) is 1. The van der Waals surface area contributed by atoms with E-state index >= 15 is 0 Å². The fourth-order valence-electron chi connectivity index (χ4n) is 1.41. The molecule has 17 heavy (non-hydrogen) atoms. The zero-order valence-electron chi connectivity index (χ0n) is 10.9. The maximum Gasteiger partial charge on any atom is 0.225 e. The van der Waals surface area contributed by atoms with Crippen molar-refractivity contribution in [2.45, 2.75) is 33.2 Å². The number of aromatic nitrogens is 2. The summed E-state index contributed by atoms with van der Waals surface area (Å²) in [5.74, 6) is 0.736. The molecule has 1 N–H and O–H groups in total. The summed E-state index contributed by atoms with van der Waals surface area (Å²) in [4.78, 5) is 21.9. The van der Waals surface area contributed by atoms with Crippen molar-refractivity contribution in [2.24, 2.45) is 0 Å². The van der Waals surface area contributed by atoms with Gasteiger partial charge >= 0.3 is 0 Å². The first-order valence-corrected chi connectivity index (χ1v) is 5.81. The van der Waals surface area contributed by atoms with E-state index in [0.29, 0.717) is 18.9 Å². The van der Waals surface area contributed by atoms with E-state index in [1.165, 1.54) is 0 Å². The lowest BCUT2D eigenvalue weighted by molar-refractivity contribution is -0.121. The number of nitrogens with zero attached hydrogens (tertiary/aromatic N) is 3. The van der Waals surface area contributed by atoms with Gasteiger partial charge in [0.05, 0.1) is 12.2 Å². The monoisotopic (exact) mass is 236 g/mol. The van der Waals surface area contributed by atoms with E-state index in [-0.39, 0.29) is 5.91 Å². The van der Waals surface area contributed by atoms with E-state index in [0.717, 1.165) is 17.8 Å². The molecule has 0 radical (unpaired) electrons. The normalized spacial score (nSPS) is 10.1. The maximum absolute atomic E-state index is 11.4. The van der Waals surface area contributed by atoms with E-state index in [1.807, 2.05) is 38.9 Å². The Morgan fingerprint density at radius 2 is 2.12 bits per heavy atom. The minimum absolute atomic E-state index is 0.0650. The standard InChI is InChI=1S/C12H20N4O/c1-5-6-11(17)13-8-10-7-9(2)14-12(15-10)16(3)4/h7H,5-6,8H2,1-4H3,(H,13,17).